The lowest BCUT2D eigenvalue weighted by Gasteiger charge is -2.28. The summed E-state index contributed by atoms with van der Waals surface area (Å²) >= 11 is 1.45. The summed E-state index contributed by atoms with van der Waals surface area (Å²) in [4.78, 5) is 24.5. The zero-order chi connectivity index (χ0) is 18.5. The predicted molar refractivity (Wildman–Crippen MR) is 105 cm³/mol. The fourth-order valence-electron chi connectivity index (χ4n) is 3.03. The number of aromatic nitrogens is 2. The van der Waals surface area contributed by atoms with E-state index in [1.165, 1.54) is 16.9 Å². The van der Waals surface area contributed by atoms with E-state index in [4.69, 9.17) is 4.74 Å². The highest BCUT2D eigenvalue weighted by atomic mass is 32.1. The van der Waals surface area contributed by atoms with E-state index in [0.29, 0.717) is 35.9 Å². The van der Waals surface area contributed by atoms with Crippen LogP contribution in [0.15, 0.2) is 65.2 Å². The van der Waals surface area contributed by atoms with Crippen molar-refractivity contribution in [3.05, 3.63) is 76.2 Å². The number of ether oxygens (including phenoxy) is 1. The fourth-order valence-corrected chi connectivity index (χ4v) is 3.75. The van der Waals surface area contributed by atoms with E-state index in [1.54, 1.807) is 18.3 Å². The molecule has 0 unspecified atom stereocenters. The number of hydrogen-bond acceptors (Lipinski definition) is 5. The average molecular weight is 380 g/mol. The summed E-state index contributed by atoms with van der Waals surface area (Å²) in [7, 11) is 0. The molecular formula is C20H20N4O2S. The summed E-state index contributed by atoms with van der Waals surface area (Å²) in [6.45, 7) is 3.42. The number of amides is 1. The molecule has 1 fully saturated rings. The summed E-state index contributed by atoms with van der Waals surface area (Å²) in [5.74, 6) is 0.412. The highest BCUT2D eigenvalue weighted by Crippen LogP contribution is 2.19. The minimum Gasteiger partial charge on any atom is -0.378 e. The Morgan fingerprint density at radius 2 is 1.96 bits per heavy atom. The normalized spacial score (nSPS) is 15.1. The SMILES string of the molecule is O=C(N=c1sccn1Cc1ccccc1)c1cccnc1N1CCOCC1. The topological polar surface area (TPSA) is 59.7 Å². The molecular weight excluding hydrogens is 360 g/mol. The molecule has 0 radical (unpaired) electrons. The van der Waals surface area contributed by atoms with Crippen LogP contribution in [0.1, 0.15) is 15.9 Å². The third-order valence-corrected chi connectivity index (χ3v) is 5.18. The summed E-state index contributed by atoms with van der Waals surface area (Å²) in [6, 6.07) is 13.7. The summed E-state index contributed by atoms with van der Waals surface area (Å²) in [6.07, 6.45) is 3.66. The molecule has 0 saturated carbocycles. The highest BCUT2D eigenvalue weighted by molar-refractivity contribution is 7.07. The number of carbonyl (C=O) groups excluding carboxylic acids is 1. The first-order chi connectivity index (χ1) is 13.3. The number of hydrogen-bond donors (Lipinski definition) is 0. The molecule has 1 aromatic carbocycles. The Kier molecular flexibility index (Phi) is 5.41. The molecule has 0 bridgehead atoms. The van der Waals surface area contributed by atoms with Gasteiger partial charge in [0.1, 0.15) is 5.82 Å². The second kappa shape index (κ2) is 8.28. The second-order valence-electron chi connectivity index (χ2n) is 6.19. The molecule has 1 aliphatic rings. The number of carbonyl (C=O) groups is 1. The van der Waals surface area contributed by atoms with Crippen molar-refractivity contribution >= 4 is 23.1 Å². The van der Waals surface area contributed by atoms with Gasteiger partial charge in [-0.05, 0) is 17.7 Å². The monoisotopic (exact) mass is 380 g/mol. The lowest BCUT2D eigenvalue weighted by Crippen LogP contribution is -2.37. The molecule has 3 aromatic rings. The Morgan fingerprint density at radius 1 is 1.15 bits per heavy atom. The molecule has 27 heavy (non-hydrogen) atoms. The lowest BCUT2D eigenvalue weighted by atomic mass is 10.2. The number of morpholine rings is 1. The van der Waals surface area contributed by atoms with Crippen LogP contribution in [0.2, 0.25) is 0 Å². The first-order valence-corrected chi connectivity index (χ1v) is 9.74. The van der Waals surface area contributed by atoms with Crippen LogP contribution < -0.4 is 9.70 Å². The number of benzene rings is 1. The predicted octanol–water partition coefficient (Wildman–Crippen LogP) is 2.57. The van der Waals surface area contributed by atoms with Gasteiger partial charge >= 0.3 is 0 Å². The Bertz CT molecular complexity index is 975. The third-order valence-electron chi connectivity index (χ3n) is 4.38. The summed E-state index contributed by atoms with van der Waals surface area (Å²) in [5, 5.41) is 1.95. The maximum atomic E-state index is 12.9. The lowest BCUT2D eigenvalue weighted by molar-refractivity contribution is 0.0995. The Labute approximate surface area is 161 Å². The van der Waals surface area contributed by atoms with E-state index in [-0.39, 0.29) is 5.91 Å². The van der Waals surface area contributed by atoms with Crippen molar-refractivity contribution in [2.45, 2.75) is 6.54 Å². The smallest absolute Gasteiger partial charge is 0.283 e. The highest BCUT2D eigenvalue weighted by Gasteiger charge is 2.19. The molecule has 7 heteroatoms. The minimum atomic E-state index is -0.270. The minimum absolute atomic E-state index is 0.270. The largest absolute Gasteiger partial charge is 0.378 e. The van der Waals surface area contributed by atoms with Gasteiger partial charge in [-0.25, -0.2) is 4.98 Å². The van der Waals surface area contributed by atoms with E-state index in [9.17, 15) is 4.79 Å². The van der Waals surface area contributed by atoms with Crippen LogP contribution in [0, 0.1) is 0 Å². The summed E-state index contributed by atoms with van der Waals surface area (Å²) in [5.41, 5.74) is 1.69. The van der Waals surface area contributed by atoms with Crippen molar-refractivity contribution < 1.29 is 9.53 Å². The molecule has 4 rings (SSSR count). The number of thiazole rings is 1. The van der Waals surface area contributed by atoms with Gasteiger partial charge in [0.25, 0.3) is 5.91 Å². The van der Waals surface area contributed by atoms with Crippen LogP contribution in [0.3, 0.4) is 0 Å². The van der Waals surface area contributed by atoms with Gasteiger partial charge in [-0.3, -0.25) is 4.79 Å². The molecule has 3 heterocycles. The quantitative estimate of drug-likeness (QED) is 0.698. The van der Waals surface area contributed by atoms with Gasteiger partial charge in [0.2, 0.25) is 0 Å². The van der Waals surface area contributed by atoms with Crippen LogP contribution in [0.4, 0.5) is 5.82 Å². The van der Waals surface area contributed by atoms with E-state index >= 15 is 0 Å². The van der Waals surface area contributed by atoms with E-state index in [1.807, 2.05) is 34.3 Å². The first kappa shape index (κ1) is 17.6. The molecule has 0 atom stereocenters. The van der Waals surface area contributed by atoms with Crippen LogP contribution >= 0.6 is 11.3 Å². The van der Waals surface area contributed by atoms with Crippen molar-refractivity contribution in [2.75, 3.05) is 31.2 Å². The van der Waals surface area contributed by atoms with Crippen LogP contribution in [-0.2, 0) is 11.3 Å². The molecule has 6 nitrogen and oxygen atoms in total. The second-order valence-corrected chi connectivity index (χ2v) is 7.06. The molecule has 0 N–H and O–H groups in total. The van der Waals surface area contributed by atoms with E-state index in [0.717, 1.165) is 13.1 Å². The molecule has 138 valence electrons. The fraction of sp³-hybridized carbons (Fsp3) is 0.250. The van der Waals surface area contributed by atoms with Crippen LogP contribution in [-0.4, -0.2) is 41.8 Å². The molecule has 1 amide bonds. The molecule has 1 saturated heterocycles. The van der Waals surface area contributed by atoms with Gasteiger partial charge in [-0.2, -0.15) is 4.99 Å². The van der Waals surface area contributed by atoms with Gasteiger partial charge in [-0.15, -0.1) is 11.3 Å². The van der Waals surface area contributed by atoms with Gasteiger partial charge in [-0.1, -0.05) is 30.3 Å². The Balaban J connectivity index is 1.62. The molecule has 0 spiro atoms. The van der Waals surface area contributed by atoms with E-state index < -0.39 is 0 Å². The average Bonchev–Trinajstić information content (AvgIpc) is 3.16. The van der Waals surface area contributed by atoms with Crippen molar-refractivity contribution in [3.63, 3.8) is 0 Å². The first-order valence-electron chi connectivity index (χ1n) is 8.86. The number of pyridine rings is 1. The van der Waals surface area contributed by atoms with Crippen LogP contribution in [0.25, 0.3) is 0 Å². The zero-order valence-corrected chi connectivity index (χ0v) is 15.6. The van der Waals surface area contributed by atoms with Crippen molar-refractivity contribution in [1.82, 2.24) is 9.55 Å². The van der Waals surface area contributed by atoms with Gasteiger partial charge in [0.15, 0.2) is 4.80 Å². The van der Waals surface area contributed by atoms with Crippen molar-refractivity contribution in [2.24, 2.45) is 4.99 Å². The maximum Gasteiger partial charge on any atom is 0.283 e. The Hall–Kier alpha value is -2.77. The van der Waals surface area contributed by atoms with Crippen LogP contribution in [0.5, 0.6) is 0 Å². The third kappa shape index (κ3) is 4.15. The zero-order valence-electron chi connectivity index (χ0n) is 14.8. The number of nitrogens with zero attached hydrogens (tertiary/aromatic N) is 4. The van der Waals surface area contributed by atoms with Gasteiger partial charge in [0, 0.05) is 37.4 Å². The molecule has 1 aliphatic heterocycles. The van der Waals surface area contributed by atoms with Gasteiger partial charge in [0.05, 0.1) is 18.8 Å². The number of anilines is 1. The maximum absolute atomic E-state index is 12.9. The standard InChI is InChI=1S/C20H20N4O2S/c25-19(17-7-4-8-21-18(17)23-9-12-26-13-10-23)22-20-24(11-14-27-20)15-16-5-2-1-3-6-16/h1-8,11,14H,9-10,12-13,15H2. The number of rotatable bonds is 4. The molecule has 0 aliphatic carbocycles. The van der Waals surface area contributed by atoms with Gasteiger partial charge < -0.3 is 14.2 Å². The van der Waals surface area contributed by atoms with Crippen molar-refractivity contribution in [3.8, 4) is 0 Å². The van der Waals surface area contributed by atoms with Crippen molar-refractivity contribution in [1.29, 1.82) is 0 Å². The Morgan fingerprint density at radius 3 is 2.78 bits per heavy atom. The van der Waals surface area contributed by atoms with E-state index in [2.05, 4.69) is 27.0 Å². The molecule has 2 aromatic heterocycles. The summed E-state index contributed by atoms with van der Waals surface area (Å²) < 4.78 is 7.39.